The molecule has 3 rings (SSSR count). The van der Waals surface area contributed by atoms with Gasteiger partial charge in [-0.2, -0.15) is 0 Å². The van der Waals surface area contributed by atoms with E-state index < -0.39 is 0 Å². The number of thioether (sulfide) groups is 1. The van der Waals surface area contributed by atoms with Crippen molar-refractivity contribution in [2.45, 2.75) is 24.5 Å². The van der Waals surface area contributed by atoms with Gasteiger partial charge in [0.05, 0.1) is 10.9 Å². The third kappa shape index (κ3) is 5.04. The van der Waals surface area contributed by atoms with Crippen molar-refractivity contribution in [2.75, 3.05) is 5.75 Å². The zero-order valence-corrected chi connectivity index (χ0v) is 18.1. The summed E-state index contributed by atoms with van der Waals surface area (Å²) in [6.07, 6.45) is 0.621. The topological polar surface area (TPSA) is 59.8 Å². The van der Waals surface area contributed by atoms with Crippen LogP contribution in [-0.4, -0.2) is 26.4 Å². The van der Waals surface area contributed by atoms with E-state index in [1.807, 2.05) is 60.3 Å². The first-order chi connectivity index (χ1) is 13.5. The maximum atomic E-state index is 12.8. The molecule has 3 aromatic rings. The fourth-order valence-electron chi connectivity index (χ4n) is 2.78. The van der Waals surface area contributed by atoms with Crippen LogP contribution in [0.5, 0.6) is 0 Å². The van der Waals surface area contributed by atoms with Gasteiger partial charge in [0.1, 0.15) is 0 Å². The first-order valence-electron chi connectivity index (χ1n) is 8.70. The molecule has 0 aliphatic carbocycles. The van der Waals surface area contributed by atoms with Crippen molar-refractivity contribution in [1.82, 2.24) is 20.1 Å². The monoisotopic (exact) mass is 432 g/mol. The second-order valence-electron chi connectivity index (χ2n) is 6.35. The van der Waals surface area contributed by atoms with Crippen molar-refractivity contribution in [2.24, 2.45) is 7.05 Å². The summed E-state index contributed by atoms with van der Waals surface area (Å²) in [6.45, 7) is 5.64. The minimum atomic E-state index is -0.303. The lowest BCUT2D eigenvalue weighted by Gasteiger charge is -2.18. The predicted molar refractivity (Wildman–Crippen MR) is 116 cm³/mol. The highest BCUT2D eigenvalue weighted by Crippen LogP contribution is 2.25. The van der Waals surface area contributed by atoms with Gasteiger partial charge in [0.2, 0.25) is 0 Å². The van der Waals surface area contributed by atoms with Crippen LogP contribution < -0.4 is 5.32 Å². The van der Waals surface area contributed by atoms with Crippen molar-refractivity contribution < 1.29 is 4.79 Å². The van der Waals surface area contributed by atoms with E-state index in [1.165, 1.54) is 23.1 Å². The Kier molecular flexibility index (Phi) is 6.93. The minimum absolute atomic E-state index is 0.0974. The number of hydrogen-bond acceptors (Lipinski definition) is 5. The molecule has 2 aromatic heterocycles. The van der Waals surface area contributed by atoms with E-state index in [2.05, 4.69) is 22.1 Å². The fourth-order valence-corrected chi connectivity index (χ4v) is 4.45. The molecule has 8 heteroatoms. The molecule has 0 fully saturated rings. The highest BCUT2D eigenvalue weighted by molar-refractivity contribution is 7.99. The van der Waals surface area contributed by atoms with Crippen LogP contribution in [0.4, 0.5) is 0 Å². The first kappa shape index (κ1) is 20.6. The normalized spacial score (nSPS) is 12.0. The Morgan fingerprint density at radius 3 is 2.71 bits per heavy atom. The standard InChI is InChI=1S/C20H21ClN4OS2/c1-13-9-10-27-17(13)19(26)22-16(11-15-7-5-4-6-8-15)18-23-24-20(25(18)3)28-12-14(2)21/h4-10,16H,2,11-12H2,1,3H3,(H,22,26)/t16-/m1/s1. The summed E-state index contributed by atoms with van der Waals surface area (Å²) >= 11 is 8.77. The van der Waals surface area contributed by atoms with E-state index in [-0.39, 0.29) is 11.9 Å². The van der Waals surface area contributed by atoms with E-state index in [0.717, 1.165) is 16.3 Å². The van der Waals surface area contributed by atoms with Gasteiger partial charge >= 0.3 is 0 Å². The molecule has 0 bridgehead atoms. The van der Waals surface area contributed by atoms with Crippen molar-refractivity contribution >= 4 is 40.6 Å². The van der Waals surface area contributed by atoms with Crippen LogP contribution in [0.3, 0.4) is 0 Å². The Balaban J connectivity index is 1.87. The Hall–Kier alpha value is -2.09. The molecule has 0 unspecified atom stereocenters. The third-order valence-electron chi connectivity index (χ3n) is 4.19. The summed E-state index contributed by atoms with van der Waals surface area (Å²) < 4.78 is 1.90. The van der Waals surface area contributed by atoms with Crippen molar-refractivity contribution in [1.29, 1.82) is 0 Å². The molecule has 1 aromatic carbocycles. The van der Waals surface area contributed by atoms with E-state index in [9.17, 15) is 4.79 Å². The van der Waals surface area contributed by atoms with Crippen LogP contribution in [0.1, 0.15) is 32.7 Å². The van der Waals surface area contributed by atoms with Gasteiger partial charge in [-0.05, 0) is 35.9 Å². The zero-order chi connectivity index (χ0) is 20.1. The maximum absolute atomic E-state index is 12.8. The largest absolute Gasteiger partial charge is 0.341 e. The Bertz CT molecular complexity index is 968. The lowest BCUT2D eigenvalue weighted by molar-refractivity contribution is 0.0937. The molecule has 0 aliphatic rings. The number of halogens is 1. The number of carbonyl (C=O) groups is 1. The van der Waals surface area contributed by atoms with E-state index >= 15 is 0 Å². The number of benzene rings is 1. The average molecular weight is 433 g/mol. The summed E-state index contributed by atoms with van der Waals surface area (Å²) in [6, 6.07) is 11.7. The number of nitrogens with zero attached hydrogens (tertiary/aromatic N) is 3. The van der Waals surface area contributed by atoms with Crippen molar-refractivity contribution in [3.8, 4) is 0 Å². The quantitative estimate of drug-likeness (QED) is 0.522. The van der Waals surface area contributed by atoms with Gasteiger partial charge in [0.25, 0.3) is 5.91 Å². The van der Waals surface area contributed by atoms with Crippen LogP contribution in [0.2, 0.25) is 0 Å². The summed E-state index contributed by atoms with van der Waals surface area (Å²) in [7, 11) is 1.90. The highest BCUT2D eigenvalue weighted by Gasteiger charge is 2.24. The number of nitrogens with one attached hydrogen (secondary N) is 1. The molecular weight excluding hydrogens is 412 g/mol. The smallest absolute Gasteiger partial charge is 0.262 e. The minimum Gasteiger partial charge on any atom is -0.341 e. The third-order valence-corrected chi connectivity index (χ3v) is 6.61. The van der Waals surface area contributed by atoms with Crippen LogP contribution in [-0.2, 0) is 13.5 Å². The predicted octanol–water partition coefficient (Wildman–Crippen LogP) is 4.74. The maximum Gasteiger partial charge on any atom is 0.262 e. The van der Waals surface area contributed by atoms with Crippen LogP contribution in [0.25, 0.3) is 0 Å². The van der Waals surface area contributed by atoms with Gasteiger partial charge in [0, 0.05) is 17.8 Å². The number of thiophene rings is 1. The molecule has 5 nitrogen and oxygen atoms in total. The average Bonchev–Trinajstić information content (AvgIpc) is 3.26. The lowest BCUT2D eigenvalue weighted by atomic mass is 10.0. The Morgan fingerprint density at radius 1 is 1.32 bits per heavy atom. The summed E-state index contributed by atoms with van der Waals surface area (Å²) in [5, 5.41) is 15.0. The van der Waals surface area contributed by atoms with E-state index in [0.29, 0.717) is 27.9 Å². The van der Waals surface area contributed by atoms with Gasteiger partial charge in [-0.15, -0.1) is 21.5 Å². The molecule has 0 saturated carbocycles. The molecule has 28 heavy (non-hydrogen) atoms. The number of amides is 1. The summed E-state index contributed by atoms with van der Waals surface area (Å²) in [5.41, 5.74) is 2.08. The van der Waals surface area contributed by atoms with Gasteiger partial charge in [-0.1, -0.05) is 60.3 Å². The molecule has 0 spiro atoms. The second-order valence-corrected chi connectivity index (χ2v) is 8.75. The number of carbonyl (C=O) groups excluding carboxylic acids is 1. The Labute approximate surface area is 177 Å². The first-order valence-corrected chi connectivity index (χ1v) is 10.9. The van der Waals surface area contributed by atoms with Crippen LogP contribution in [0.15, 0.2) is 58.5 Å². The molecule has 0 radical (unpaired) electrons. The van der Waals surface area contributed by atoms with Crippen molar-refractivity contribution in [3.05, 3.63) is 75.2 Å². The summed E-state index contributed by atoms with van der Waals surface area (Å²) in [4.78, 5) is 13.6. The number of aromatic nitrogens is 3. The molecular formula is C20H21ClN4OS2. The number of hydrogen-bond donors (Lipinski definition) is 1. The zero-order valence-electron chi connectivity index (χ0n) is 15.7. The molecule has 1 amide bonds. The molecule has 146 valence electrons. The van der Waals surface area contributed by atoms with Crippen LogP contribution >= 0.6 is 34.7 Å². The van der Waals surface area contributed by atoms with Crippen LogP contribution in [0, 0.1) is 6.92 Å². The Morgan fingerprint density at radius 2 is 2.07 bits per heavy atom. The van der Waals surface area contributed by atoms with Gasteiger partial charge in [0.15, 0.2) is 11.0 Å². The molecule has 1 atom stereocenters. The SMILES string of the molecule is C=C(Cl)CSc1nnc([C@@H](Cc2ccccc2)NC(=O)c2sccc2C)n1C. The van der Waals surface area contributed by atoms with Gasteiger partial charge < -0.3 is 9.88 Å². The summed E-state index contributed by atoms with van der Waals surface area (Å²) in [5.74, 6) is 1.16. The molecule has 2 heterocycles. The van der Waals surface area contributed by atoms with E-state index in [1.54, 1.807) is 0 Å². The lowest BCUT2D eigenvalue weighted by Crippen LogP contribution is -2.31. The highest BCUT2D eigenvalue weighted by atomic mass is 35.5. The second kappa shape index (κ2) is 9.41. The fraction of sp³-hybridized carbons (Fsp3) is 0.250. The number of rotatable bonds is 8. The van der Waals surface area contributed by atoms with Crippen molar-refractivity contribution in [3.63, 3.8) is 0 Å². The molecule has 0 saturated heterocycles. The molecule has 1 N–H and O–H groups in total. The van der Waals surface area contributed by atoms with Gasteiger partial charge in [-0.3, -0.25) is 4.79 Å². The van der Waals surface area contributed by atoms with Gasteiger partial charge in [-0.25, -0.2) is 0 Å². The van der Waals surface area contributed by atoms with E-state index in [4.69, 9.17) is 11.6 Å². The molecule has 0 aliphatic heterocycles. The number of aryl methyl sites for hydroxylation is 1.